The first kappa shape index (κ1) is 12.4. The summed E-state index contributed by atoms with van der Waals surface area (Å²) in [5.41, 5.74) is 3.89. The van der Waals surface area contributed by atoms with E-state index in [0.29, 0.717) is 11.4 Å². The first-order valence-electron chi connectivity index (χ1n) is 6.55. The van der Waals surface area contributed by atoms with Crippen molar-refractivity contribution in [3.8, 4) is 12.3 Å². The van der Waals surface area contributed by atoms with Crippen LogP contribution < -0.4 is 0 Å². The van der Waals surface area contributed by atoms with E-state index < -0.39 is 0 Å². The van der Waals surface area contributed by atoms with Crippen LogP contribution in [0.15, 0.2) is 52.7 Å². The molecule has 0 atom stereocenters. The van der Waals surface area contributed by atoms with Crippen molar-refractivity contribution >= 4 is 17.3 Å². The average Bonchev–Trinajstić information content (AvgIpc) is 2.73. The highest BCUT2D eigenvalue weighted by Gasteiger charge is 2.34. The summed E-state index contributed by atoms with van der Waals surface area (Å²) in [6, 6.07) is 7.36. The molecule has 3 rings (SSSR count). The second-order valence-corrected chi connectivity index (χ2v) is 4.80. The van der Waals surface area contributed by atoms with E-state index in [1.54, 1.807) is 11.9 Å². The molecule has 1 saturated heterocycles. The zero-order valence-electron chi connectivity index (χ0n) is 11.3. The van der Waals surface area contributed by atoms with Crippen molar-refractivity contribution in [3.63, 3.8) is 0 Å². The Hall–Kier alpha value is -2.60. The van der Waals surface area contributed by atoms with Gasteiger partial charge in [0, 0.05) is 23.9 Å². The van der Waals surface area contributed by atoms with Crippen LogP contribution in [0.5, 0.6) is 0 Å². The van der Waals surface area contributed by atoms with Gasteiger partial charge < -0.3 is 4.90 Å². The topological polar surface area (TPSA) is 32.7 Å². The standard InChI is InChI=1S/C17H14N2O/c1-3-12-7-6-8-13(11-12)18-16-14-9-4-5-10-15(14)19(2)17(16)20/h1,6-11H,4-5H2,2H3. The molecule has 0 N–H and O–H groups in total. The third-order valence-corrected chi connectivity index (χ3v) is 3.51. The van der Waals surface area contributed by atoms with Gasteiger partial charge in [0.05, 0.1) is 5.69 Å². The molecule has 98 valence electrons. The number of benzene rings is 1. The summed E-state index contributed by atoms with van der Waals surface area (Å²) < 4.78 is 0. The number of amides is 1. The molecule has 0 saturated carbocycles. The van der Waals surface area contributed by atoms with Gasteiger partial charge in [-0.2, -0.15) is 0 Å². The Morgan fingerprint density at radius 3 is 2.90 bits per heavy atom. The molecule has 0 bridgehead atoms. The smallest absolute Gasteiger partial charge is 0.277 e. The monoisotopic (exact) mass is 262 g/mol. The minimum absolute atomic E-state index is 0.0597. The van der Waals surface area contributed by atoms with E-state index in [1.165, 1.54) is 0 Å². The third-order valence-electron chi connectivity index (χ3n) is 3.51. The predicted octanol–water partition coefficient (Wildman–Crippen LogP) is 2.82. The van der Waals surface area contributed by atoms with Gasteiger partial charge >= 0.3 is 0 Å². The number of fused-ring (bicyclic) bond motifs is 1. The summed E-state index contributed by atoms with van der Waals surface area (Å²) in [5, 5.41) is 0. The summed E-state index contributed by atoms with van der Waals surface area (Å²) in [6.45, 7) is 0. The second-order valence-electron chi connectivity index (χ2n) is 4.80. The van der Waals surface area contributed by atoms with Crippen molar-refractivity contribution in [2.75, 3.05) is 7.05 Å². The van der Waals surface area contributed by atoms with Crippen LogP contribution in [0.3, 0.4) is 0 Å². The number of nitrogens with zero attached hydrogens (tertiary/aromatic N) is 2. The van der Waals surface area contributed by atoms with Crippen LogP contribution in [0.1, 0.15) is 18.4 Å². The van der Waals surface area contributed by atoms with Crippen LogP contribution >= 0.6 is 0 Å². The number of terminal acetylenes is 1. The van der Waals surface area contributed by atoms with Gasteiger partial charge in [0.15, 0.2) is 0 Å². The number of hydrogen-bond acceptors (Lipinski definition) is 2. The van der Waals surface area contributed by atoms with Crippen LogP contribution in [0.4, 0.5) is 5.69 Å². The van der Waals surface area contributed by atoms with Crippen LogP contribution in [-0.2, 0) is 4.79 Å². The molecule has 2 aliphatic rings. The Bertz CT molecular complexity index is 717. The molecular formula is C17H14N2O. The van der Waals surface area contributed by atoms with Gasteiger partial charge in [-0.1, -0.05) is 24.1 Å². The van der Waals surface area contributed by atoms with E-state index in [2.05, 4.69) is 23.1 Å². The molecule has 1 aliphatic carbocycles. The lowest BCUT2D eigenvalue weighted by molar-refractivity contribution is -0.120. The zero-order chi connectivity index (χ0) is 14.1. The van der Waals surface area contributed by atoms with Gasteiger partial charge in [0.1, 0.15) is 5.71 Å². The predicted molar refractivity (Wildman–Crippen MR) is 79.6 cm³/mol. The minimum atomic E-state index is -0.0597. The van der Waals surface area contributed by atoms with Gasteiger partial charge in [0.25, 0.3) is 5.91 Å². The SMILES string of the molecule is C#Cc1cccc(N=C2C(=O)N(C)C3=CCCC=C32)c1. The first-order valence-corrected chi connectivity index (χ1v) is 6.55. The maximum Gasteiger partial charge on any atom is 0.277 e. The first-order chi connectivity index (χ1) is 9.70. The maximum absolute atomic E-state index is 12.3. The summed E-state index contributed by atoms with van der Waals surface area (Å²) in [6.07, 6.45) is 11.5. The fourth-order valence-corrected chi connectivity index (χ4v) is 2.48. The normalized spacial score (nSPS) is 19.5. The Morgan fingerprint density at radius 1 is 1.30 bits per heavy atom. The van der Waals surface area contributed by atoms with E-state index >= 15 is 0 Å². The Morgan fingerprint density at radius 2 is 2.10 bits per heavy atom. The third kappa shape index (κ3) is 1.96. The average molecular weight is 262 g/mol. The molecule has 0 radical (unpaired) electrons. The molecule has 0 unspecified atom stereocenters. The number of aliphatic imine (C=N–C) groups is 1. The quantitative estimate of drug-likeness (QED) is 0.716. The van der Waals surface area contributed by atoms with Crippen LogP contribution in [-0.4, -0.2) is 23.6 Å². The molecule has 1 aromatic rings. The minimum Gasteiger partial charge on any atom is -0.310 e. The van der Waals surface area contributed by atoms with Gasteiger partial charge in [-0.15, -0.1) is 6.42 Å². The molecule has 1 heterocycles. The van der Waals surface area contributed by atoms with Crippen LogP contribution in [0.25, 0.3) is 0 Å². The van der Waals surface area contributed by atoms with E-state index in [4.69, 9.17) is 6.42 Å². The van der Waals surface area contributed by atoms with Crippen molar-refractivity contribution in [2.45, 2.75) is 12.8 Å². The lowest BCUT2D eigenvalue weighted by atomic mass is 10.0. The summed E-state index contributed by atoms with van der Waals surface area (Å²) in [7, 11) is 1.79. The number of allylic oxidation sites excluding steroid dienone is 3. The fraction of sp³-hybridized carbons (Fsp3) is 0.176. The second kappa shape index (κ2) is 4.82. The Balaban J connectivity index is 2.07. The summed E-state index contributed by atoms with van der Waals surface area (Å²) >= 11 is 0. The van der Waals surface area contributed by atoms with Gasteiger partial charge in [0.2, 0.25) is 0 Å². The molecule has 1 fully saturated rings. The molecule has 3 heteroatoms. The van der Waals surface area contributed by atoms with Crippen molar-refractivity contribution < 1.29 is 4.79 Å². The Kier molecular flexibility index (Phi) is 3.00. The molecule has 20 heavy (non-hydrogen) atoms. The van der Waals surface area contributed by atoms with Crippen molar-refractivity contribution in [2.24, 2.45) is 4.99 Å². The van der Waals surface area contributed by atoms with E-state index in [0.717, 1.165) is 29.7 Å². The molecule has 1 aliphatic heterocycles. The molecule has 0 aromatic heterocycles. The van der Waals surface area contributed by atoms with Gasteiger partial charge in [-0.05, 0) is 31.0 Å². The van der Waals surface area contributed by atoms with Crippen molar-refractivity contribution in [1.82, 2.24) is 4.90 Å². The largest absolute Gasteiger partial charge is 0.310 e. The number of likely N-dealkylation sites (tertiary alicyclic amines) is 1. The molecular weight excluding hydrogens is 248 g/mol. The van der Waals surface area contributed by atoms with Crippen molar-refractivity contribution in [1.29, 1.82) is 0 Å². The lowest BCUT2D eigenvalue weighted by Gasteiger charge is -2.12. The van der Waals surface area contributed by atoms with Crippen LogP contribution in [0.2, 0.25) is 0 Å². The number of rotatable bonds is 1. The molecule has 1 amide bonds. The van der Waals surface area contributed by atoms with E-state index in [-0.39, 0.29) is 5.91 Å². The zero-order valence-corrected chi connectivity index (χ0v) is 11.3. The lowest BCUT2D eigenvalue weighted by Crippen LogP contribution is -2.21. The number of carbonyl (C=O) groups excluding carboxylic acids is 1. The number of hydrogen-bond donors (Lipinski definition) is 0. The van der Waals surface area contributed by atoms with E-state index in [9.17, 15) is 4.79 Å². The highest BCUT2D eigenvalue weighted by Crippen LogP contribution is 2.31. The number of carbonyl (C=O) groups is 1. The highest BCUT2D eigenvalue weighted by atomic mass is 16.2. The molecule has 0 spiro atoms. The maximum atomic E-state index is 12.3. The van der Waals surface area contributed by atoms with E-state index in [1.807, 2.05) is 24.3 Å². The van der Waals surface area contributed by atoms with Gasteiger partial charge in [-0.25, -0.2) is 4.99 Å². The highest BCUT2D eigenvalue weighted by molar-refractivity contribution is 6.50. The van der Waals surface area contributed by atoms with Crippen molar-refractivity contribution in [3.05, 3.63) is 53.3 Å². The number of likely N-dealkylation sites (N-methyl/N-ethyl adjacent to an activating group) is 1. The summed E-state index contributed by atoms with van der Waals surface area (Å²) in [5.74, 6) is 2.52. The van der Waals surface area contributed by atoms with Crippen LogP contribution in [0, 0.1) is 12.3 Å². The fourth-order valence-electron chi connectivity index (χ4n) is 2.48. The Labute approximate surface area is 118 Å². The molecule has 1 aromatic carbocycles. The summed E-state index contributed by atoms with van der Waals surface area (Å²) in [4.78, 5) is 18.5. The molecule has 3 nitrogen and oxygen atoms in total. The van der Waals surface area contributed by atoms with Gasteiger partial charge in [-0.3, -0.25) is 4.79 Å².